The van der Waals surface area contributed by atoms with Gasteiger partial charge in [0.2, 0.25) is 0 Å². The molecule has 120 valence electrons. The number of hydrogen-bond acceptors (Lipinski definition) is 2. The van der Waals surface area contributed by atoms with Crippen molar-refractivity contribution in [2.24, 2.45) is 5.92 Å². The van der Waals surface area contributed by atoms with Gasteiger partial charge in [0, 0.05) is 25.4 Å². The van der Waals surface area contributed by atoms with E-state index in [-0.39, 0.29) is 12.1 Å². The van der Waals surface area contributed by atoms with Crippen LogP contribution in [0.25, 0.3) is 0 Å². The van der Waals surface area contributed by atoms with Gasteiger partial charge in [-0.3, -0.25) is 0 Å². The molecule has 3 atom stereocenters. The molecule has 1 heterocycles. The Morgan fingerprint density at radius 1 is 1.32 bits per heavy atom. The predicted octanol–water partition coefficient (Wildman–Crippen LogP) is 4.19. The van der Waals surface area contributed by atoms with Crippen LogP contribution in [0, 0.1) is 5.92 Å². The van der Waals surface area contributed by atoms with Crippen LogP contribution in [0.1, 0.15) is 50.7 Å². The van der Waals surface area contributed by atoms with E-state index in [4.69, 9.17) is 4.74 Å². The standard InChI is InChI=1S/C18H26N2O2/c1-13(22-2)15-7-3-9-16(12-15)19-18(21)20-11-5-8-14-6-4-10-17(14)20/h3,7,9,12-14,17H,4-6,8,10-11H2,1-2H3,(H,19,21)/t13-,14-,17+/m1/s1. The molecule has 0 bridgehead atoms. The minimum absolute atomic E-state index is 0.0334. The van der Waals surface area contributed by atoms with Crippen molar-refractivity contribution in [3.05, 3.63) is 29.8 Å². The third-order valence-corrected chi connectivity index (χ3v) is 5.21. The molecule has 2 amide bonds. The number of carbonyl (C=O) groups excluding carboxylic acids is 1. The van der Waals surface area contributed by atoms with Crippen molar-refractivity contribution >= 4 is 11.7 Å². The Morgan fingerprint density at radius 2 is 2.14 bits per heavy atom. The van der Waals surface area contributed by atoms with E-state index in [0.717, 1.165) is 30.1 Å². The summed E-state index contributed by atoms with van der Waals surface area (Å²) in [4.78, 5) is 14.7. The molecule has 1 aromatic rings. The molecule has 0 radical (unpaired) electrons. The Kier molecular flexibility index (Phi) is 4.67. The Hall–Kier alpha value is -1.55. The lowest BCUT2D eigenvalue weighted by molar-refractivity contribution is 0.119. The quantitative estimate of drug-likeness (QED) is 0.909. The molecule has 2 fully saturated rings. The smallest absolute Gasteiger partial charge is 0.322 e. The third kappa shape index (κ3) is 3.12. The zero-order chi connectivity index (χ0) is 15.5. The normalized spacial score (nSPS) is 25.6. The first-order valence-electron chi connectivity index (χ1n) is 8.39. The van der Waals surface area contributed by atoms with Gasteiger partial charge in [0.05, 0.1) is 6.10 Å². The number of rotatable bonds is 3. The molecule has 1 N–H and O–H groups in total. The van der Waals surface area contributed by atoms with E-state index < -0.39 is 0 Å². The molecule has 4 nitrogen and oxygen atoms in total. The minimum atomic E-state index is 0.0334. The minimum Gasteiger partial charge on any atom is -0.377 e. The van der Waals surface area contributed by atoms with Crippen molar-refractivity contribution < 1.29 is 9.53 Å². The summed E-state index contributed by atoms with van der Waals surface area (Å²) in [6.07, 6.45) is 6.17. The van der Waals surface area contributed by atoms with Crippen molar-refractivity contribution in [1.29, 1.82) is 0 Å². The van der Waals surface area contributed by atoms with E-state index in [2.05, 4.69) is 10.2 Å². The lowest BCUT2D eigenvalue weighted by Crippen LogP contribution is -2.48. The lowest BCUT2D eigenvalue weighted by atomic mass is 9.92. The van der Waals surface area contributed by atoms with E-state index in [9.17, 15) is 4.79 Å². The topological polar surface area (TPSA) is 41.6 Å². The van der Waals surface area contributed by atoms with Gasteiger partial charge < -0.3 is 15.0 Å². The maximum absolute atomic E-state index is 12.6. The van der Waals surface area contributed by atoms with Crippen LogP contribution in [-0.4, -0.2) is 30.6 Å². The fourth-order valence-electron chi connectivity index (χ4n) is 3.91. The van der Waals surface area contributed by atoms with E-state index in [1.54, 1.807) is 7.11 Å². The zero-order valence-corrected chi connectivity index (χ0v) is 13.5. The van der Waals surface area contributed by atoms with Crippen molar-refractivity contribution in [3.63, 3.8) is 0 Å². The summed E-state index contributed by atoms with van der Waals surface area (Å²) in [6.45, 7) is 2.90. The molecule has 4 heteroatoms. The SMILES string of the molecule is CO[C@H](C)c1cccc(NC(=O)N2CCC[C@H]3CCC[C@@H]32)c1. The van der Waals surface area contributed by atoms with Gasteiger partial charge >= 0.3 is 6.03 Å². The van der Waals surface area contributed by atoms with Gasteiger partial charge in [-0.15, -0.1) is 0 Å². The highest BCUT2D eigenvalue weighted by molar-refractivity contribution is 5.89. The number of hydrogen-bond donors (Lipinski definition) is 1. The molecule has 1 saturated carbocycles. The van der Waals surface area contributed by atoms with Gasteiger partial charge in [0.1, 0.15) is 0 Å². The third-order valence-electron chi connectivity index (χ3n) is 5.21. The second kappa shape index (κ2) is 6.69. The van der Waals surface area contributed by atoms with Crippen LogP contribution >= 0.6 is 0 Å². The monoisotopic (exact) mass is 302 g/mol. The van der Waals surface area contributed by atoms with Crippen LogP contribution in [-0.2, 0) is 4.74 Å². The summed E-state index contributed by atoms with van der Waals surface area (Å²) in [5, 5.41) is 3.08. The zero-order valence-electron chi connectivity index (χ0n) is 13.5. The van der Waals surface area contributed by atoms with E-state index in [1.165, 1.54) is 25.7 Å². The number of carbonyl (C=O) groups is 1. The number of piperidine rings is 1. The Bertz CT molecular complexity index is 532. The van der Waals surface area contributed by atoms with Gasteiger partial charge in [0.15, 0.2) is 0 Å². The molecule has 0 aromatic heterocycles. The number of anilines is 1. The number of nitrogens with zero attached hydrogens (tertiary/aromatic N) is 1. The van der Waals surface area contributed by atoms with Crippen LogP contribution in [0.5, 0.6) is 0 Å². The number of amides is 2. The van der Waals surface area contributed by atoms with E-state index >= 15 is 0 Å². The molecule has 3 rings (SSSR count). The Labute approximate surface area is 132 Å². The van der Waals surface area contributed by atoms with Gasteiger partial charge in [-0.1, -0.05) is 18.6 Å². The maximum Gasteiger partial charge on any atom is 0.322 e. The summed E-state index contributed by atoms with van der Waals surface area (Å²) in [6, 6.07) is 8.45. The van der Waals surface area contributed by atoms with Crippen LogP contribution in [0.15, 0.2) is 24.3 Å². The summed E-state index contributed by atoms with van der Waals surface area (Å²) in [7, 11) is 1.70. The second-order valence-corrected chi connectivity index (χ2v) is 6.53. The molecule has 1 aliphatic carbocycles. The molecule has 22 heavy (non-hydrogen) atoms. The fourth-order valence-corrected chi connectivity index (χ4v) is 3.91. The molecular formula is C18H26N2O2. The summed E-state index contributed by atoms with van der Waals surface area (Å²) >= 11 is 0. The summed E-state index contributed by atoms with van der Waals surface area (Å²) in [5.74, 6) is 0.722. The van der Waals surface area contributed by atoms with Crippen molar-refractivity contribution in [2.75, 3.05) is 19.0 Å². The predicted molar refractivity (Wildman–Crippen MR) is 88.0 cm³/mol. The largest absolute Gasteiger partial charge is 0.377 e. The van der Waals surface area contributed by atoms with Crippen LogP contribution in [0.2, 0.25) is 0 Å². The molecule has 1 saturated heterocycles. The Balaban J connectivity index is 1.68. The van der Waals surface area contributed by atoms with Crippen molar-refractivity contribution in [1.82, 2.24) is 4.90 Å². The maximum atomic E-state index is 12.6. The first-order chi connectivity index (χ1) is 10.7. The van der Waals surface area contributed by atoms with Crippen LogP contribution < -0.4 is 5.32 Å². The molecular weight excluding hydrogens is 276 g/mol. The van der Waals surface area contributed by atoms with Crippen LogP contribution in [0.4, 0.5) is 10.5 Å². The van der Waals surface area contributed by atoms with Gasteiger partial charge in [-0.05, 0) is 56.2 Å². The van der Waals surface area contributed by atoms with Crippen molar-refractivity contribution in [2.45, 2.75) is 51.2 Å². The van der Waals surface area contributed by atoms with Gasteiger partial charge in [-0.25, -0.2) is 4.79 Å². The fraction of sp³-hybridized carbons (Fsp3) is 0.611. The van der Waals surface area contributed by atoms with E-state index in [0.29, 0.717) is 6.04 Å². The van der Waals surface area contributed by atoms with Gasteiger partial charge in [0.25, 0.3) is 0 Å². The van der Waals surface area contributed by atoms with Gasteiger partial charge in [-0.2, -0.15) is 0 Å². The number of methoxy groups -OCH3 is 1. The number of nitrogens with one attached hydrogen (secondary N) is 1. The highest BCUT2D eigenvalue weighted by atomic mass is 16.5. The highest BCUT2D eigenvalue weighted by Crippen LogP contribution is 2.37. The number of fused-ring (bicyclic) bond motifs is 1. The number of ether oxygens (including phenoxy) is 1. The van der Waals surface area contributed by atoms with Crippen LogP contribution in [0.3, 0.4) is 0 Å². The molecule has 2 aliphatic rings. The highest BCUT2D eigenvalue weighted by Gasteiger charge is 2.37. The molecule has 0 unspecified atom stereocenters. The first-order valence-corrected chi connectivity index (χ1v) is 8.39. The Morgan fingerprint density at radius 3 is 2.95 bits per heavy atom. The molecule has 1 aromatic carbocycles. The van der Waals surface area contributed by atoms with Crippen molar-refractivity contribution in [3.8, 4) is 0 Å². The van der Waals surface area contributed by atoms with E-state index in [1.807, 2.05) is 31.2 Å². The number of urea groups is 1. The lowest BCUT2D eigenvalue weighted by Gasteiger charge is -2.37. The summed E-state index contributed by atoms with van der Waals surface area (Å²) in [5.41, 5.74) is 1.93. The molecule has 1 aliphatic heterocycles. The number of likely N-dealkylation sites (tertiary alicyclic amines) is 1. The first kappa shape index (κ1) is 15.3. The number of benzene rings is 1. The summed E-state index contributed by atoms with van der Waals surface area (Å²) < 4.78 is 5.35. The average Bonchev–Trinajstić information content (AvgIpc) is 3.02. The average molecular weight is 302 g/mol. The molecule has 0 spiro atoms. The second-order valence-electron chi connectivity index (χ2n) is 6.53.